The van der Waals surface area contributed by atoms with Crippen LogP contribution < -0.4 is 5.73 Å². The Bertz CT molecular complexity index is 545. The van der Waals surface area contributed by atoms with E-state index in [4.69, 9.17) is 5.73 Å². The zero-order valence-electron chi connectivity index (χ0n) is 10.5. The molecule has 4 nitrogen and oxygen atoms in total. The first-order chi connectivity index (χ1) is 8.74. The predicted molar refractivity (Wildman–Crippen MR) is 70.3 cm³/mol. The summed E-state index contributed by atoms with van der Waals surface area (Å²) < 4.78 is 1.75. The van der Waals surface area contributed by atoms with E-state index in [-0.39, 0.29) is 5.78 Å². The van der Waals surface area contributed by atoms with Gasteiger partial charge in [-0.15, -0.1) is 0 Å². The van der Waals surface area contributed by atoms with Crippen LogP contribution in [0.4, 0.5) is 0 Å². The molecular formula is C14H17N3O. The van der Waals surface area contributed by atoms with Crippen LogP contribution in [-0.2, 0) is 19.5 Å². The molecule has 2 aromatic rings. The topological polar surface area (TPSA) is 60.9 Å². The Labute approximate surface area is 106 Å². The molecule has 0 fully saturated rings. The highest BCUT2D eigenvalue weighted by atomic mass is 16.1. The molecular weight excluding hydrogens is 226 g/mol. The maximum atomic E-state index is 12.1. The molecule has 2 rings (SSSR count). The molecule has 0 aliphatic heterocycles. The summed E-state index contributed by atoms with van der Waals surface area (Å²) in [6.45, 7) is 3.22. The van der Waals surface area contributed by atoms with Crippen LogP contribution in [0.15, 0.2) is 36.7 Å². The number of carbonyl (C=O) groups excluding carboxylic acids is 1. The summed E-state index contributed by atoms with van der Waals surface area (Å²) in [5.74, 6) is 0.0793. The summed E-state index contributed by atoms with van der Waals surface area (Å²) in [6, 6.07) is 7.77. The number of hydrogen-bond donors (Lipinski definition) is 1. The summed E-state index contributed by atoms with van der Waals surface area (Å²) in [6.07, 6.45) is 3.78. The minimum Gasteiger partial charge on any atom is -0.326 e. The zero-order chi connectivity index (χ0) is 13.0. The molecule has 0 bridgehead atoms. The molecule has 0 spiro atoms. The van der Waals surface area contributed by atoms with E-state index in [2.05, 4.69) is 5.10 Å². The van der Waals surface area contributed by atoms with Gasteiger partial charge < -0.3 is 5.73 Å². The Morgan fingerprint density at radius 3 is 2.67 bits per heavy atom. The van der Waals surface area contributed by atoms with E-state index >= 15 is 0 Å². The van der Waals surface area contributed by atoms with E-state index in [9.17, 15) is 4.79 Å². The lowest BCUT2D eigenvalue weighted by Crippen LogP contribution is -2.07. The first-order valence-electron chi connectivity index (χ1n) is 6.07. The first kappa shape index (κ1) is 12.5. The van der Waals surface area contributed by atoms with Crippen molar-refractivity contribution in [2.75, 3.05) is 0 Å². The Hall–Kier alpha value is -1.94. The van der Waals surface area contributed by atoms with Gasteiger partial charge in [-0.1, -0.05) is 24.3 Å². The van der Waals surface area contributed by atoms with Gasteiger partial charge in [-0.25, -0.2) is 0 Å². The number of benzene rings is 1. The predicted octanol–water partition coefficient (Wildman–Crippen LogP) is 1.79. The van der Waals surface area contributed by atoms with Crippen molar-refractivity contribution in [2.24, 2.45) is 5.73 Å². The number of aromatic nitrogens is 2. The second kappa shape index (κ2) is 5.60. The van der Waals surface area contributed by atoms with E-state index in [1.165, 1.54) is 0 Å². The van der Waals surface area contributed by atoms with Crippen LogP contribution in [0.5, 0.6) is 0 Å². The minimum atomic E-state index is 0.0793. The number of hydrogen-bond acceptors (Lipinski definition) is 3. The van der Waals surface area contributed by atoms with Crippen molar-refractivity contribution in [2.45, 2.75) is 26.4 Å². The first-order valence-corrected chi connectivity index (χ1v) is 6.07. The van der Waals surface area contributed by atoms with Crippen LogP contribution in [0.25, 0.3) is 0 Å². The second-order valence-corrected chi connectivity index (χ2v) is 4.16. The third kappa shape index (κ3) is 2.65. The van der Waals surface area contributed by atoms with Crippen LogP contribution in [0, 0.1) is 0 Å². The lowest BCUT2D eigenvalue weighted by molar-refractivity contribution is 0.0992. The Kier molecular flexibility index (Phi) is 3.89. The number of rotatable bonds is 5. The largest absolute Gasteiger partial charge is 0.326 e. The maximum Gasteiger partial charge on any atom is 0.170 e. The van der Waals surface area contributed by atoms with Gasteiger partial charge in [0.2, 0.25) is 0 Å². The van der Waals surface area contributed by atoms with Crippen molar-refractivity contribution in [3.05, 3.63) is 53.3 Å². The summed E-state index contributed by atoms with van der Waals surface area (Å²) >= 11 is 0. The molecule has 0 aliphatic rings. The average Bonchev–Trinajstić information content (AvgIpc) is 2.88. The van der Waals surface area contributed by atoms with Crippen molar-refractivity contribution in [1.82, 2.24) is 9.78 Å². The second-order valence-electron chi connectivity index (χ2n) is 4.16. The summed E-state index contributed by atoms with van der Waals surface area (Å²) in [5, 5.41) is 4.11. The number of ketones is 1. The fourth-order valence-corrected chi connectivity index (χ4v) is 1.88. The molecule has 4 heteroatoms. The van der Waals surface area contributed by atoms with E-state index in [1.54, 1.807) is 17.1 Å². The number of carbonyl (C=O) groups is 1. The standard InChI is InChI=1S/C14H17N3O/c1-2-17-10-13(9-16-17)14(18)7-11-5-3-4-6-12(11)8-15/h3-6,9-10H,2,7-8,15H2,1H3. The number of nitrogens with two attached hydrogens (primary N) is 1. The van der Waals surface area contributed by atoms with Gasteiger partial charge in [-0.3, -0.25) is 9.48 Å². The molecule has 2 N–H and O–H groups in total. The molecule has 0 atom stereocenters. The summed E-state index contributed by atoms with van der Waals surface area (Å²) in [7, 11) is 0. The minimum absolute atomic E-state index is 0.0793. The molecule has 1 heterocycles. The van der Waals surface area contributed by atoms with Gasteiger partial charge in [0.05, 0.1) is 11.8 Å². The van der Waals surface area contributed by atoms with Crippen molar-refractivity contribution in [3.8, 4) is 0 Å². The molecule has 18 heavy (non-hydrogen) atoms. The van der Waals surface area contributed by atoms with Crippen LogP contribution in [-0.4, -0.2) is 15.6 Å². The van der Waals surface area contributed by atoms with Crippen molar-refractivity contribution in [1.29, 1.82) is 0 Å². The van der Waals surface area contributed by atoms with E-state index in [0.717, 1.165) is 17.7 Å². The van der Waals surface area contributed by atoms with Gasteiger partial charge in [0, 0.05) is 25.7 Å². The molecule has 0 radical (unpaired) electrons. The van der Waals surface area contributed by atoms with Gasteiger partial charge >= 0.3 is 0 Å². The van der Waals surface area contributed by atoms with Crippen LogP contribution in [0.3, 0.4) is 0 Å². The van der Waals surface area contributed by atoms with Gasteiger partial charge in [0.1, 0.15) is 0 Å². The van der Waals surface area contributed by atoms with Crippen molar-refractivity contribution >= 4 is 5.78 Å². The molecule has 1 aromatic heterocycles. The van der Waals surface area contributed by atoms with Gasteiger partial charge in [-0.05, 0) is 18.1 Å². The monoisotopic (exact) mass is 243 g/mol. The van der Waals surface area contributed by atoms with Crippen molar-refractivity contribution in [3.63, 3.8) is 0 Å². The summed E-state index contributed by atoms with van der Waals surface area (Å²) in [4.78, 5) is 12.1. The van der Waals surface area contributed by atoms with Crippen LogP contribution in [0.2, 0.25) is 0 Å². The highest BCUT2D eigenvalue weighted by Crippen LogP contribution is 2.12. The highest BCUT2D eigenvalue weighted by molar-refractivity contribution is 5.97. The zero-order valence-corrected chi connectivity index (χ0v) is 10.5. The number of aryl methyl sites for hydroxylation is 1. The summed E-state index contributed by atoms with van der Waals surface area (Å²) in [5.41, 5.74) is 8.34. The van der Waals surface area contributed by atoms with Crippen LogP contribution >= 0.6 is 0 Å². The quantitative estimate of drug-likeness (QED) is 0.814. The number of Topliss-reactive ketones (excluding diaryl/α,β-unsaturated/α-hetero) is 1. The fourth-order valence-electron chi connectivity index (χ4n) is 1.88. The SMILES string of the molecule is CCn1cc(C(=O)Cc2ccccc2CN)cn1. The molecule has 0 unspecified atom stereocenters. The highest BCUT2D eigenvalue weighted by Gasteiger charge is 2.11. The Balaban J connectivity index is 2.16. The van der Waals surface area contributed by atoms with Crippen LogP contribution in [0.1, 0.15) is 28.4 Å². The fraction of sp³-hybridized carbons (Fsp3) is 0.286. The molecule has 94 valence electrons. The Morgan fingerprint density at radius 2 is 2.06 bits per heavy atom. The van der Waals surface area contributed by atoms with E-state index < -0.39 is 0 Å². The molecule has 0 saturated carbocycles. The molecule has 0 amide bonds. The maximum absolute atomic E-state index is 12.1. The van der Waals surface area contributed by atoms with E-state index in [1.807, 2.05) is 31.2 Å². The Morgan fingerprint density at radius 1 is 1.33 bits per heavy atom. The third-order valence-corrected chi connectivity index (χ3v) is 2.97. The number of nitrogens with zero attached hydrogens (tertiary/aromatic N) is 2. The van der Waals surface area contributed by atoms with Gasteiger partial charge in [0.25, 0.3) is 0 Å². The third-order valence-electron chi connectivity index (χ3n) is 2.97. The lowest BCUT2D eigenvalue weighted by atomic mass is 10.0. The lowest BCUT2D eigenvalue weighted by Gasteiger charge is -2.05. The smallest absolute Gasteiger partial charge is 0.170 e. The average molecular weight is 243 g/mol. The van der Waals surface area contributed by atoms with Crippen molar-refractivity contribution < 1.29 is 4.79 Å². The van der Waals surface area contributed by atoms with Gasteiger partial charge in [-0.2, -0.15) is 5.10 Å². The molecule has 1 aromatic carbocycles. The molecule has 0 saturated heterocycles. The normalized spacial score (nSPS) is 10.6. The van der Waals surface area contributed by atoms with E-state index in [0.29, 0.717) is 18.5 Å². The molecule has 0 aliphatic carbocycles. The van der Waals surface area contributed by atoms with Gasteiger partial charge in [0.15, 0.2) is 5.78 Å².